The van der Waals surface area contributed by atoms with Crippen molar-refractivity contribution < 1.29 is 49.4 Å². The van der Waals surface area contributed by atoms with E-state index in [1.807, 2.05) is 0 Å². The topological polar surface area (TPSA) is 55.1 Å². The Bertz CT molecular complexity index is 815. The van der Waals surface area contributed by atoms with E-state index < -0.39 is 52.6 Å². The highest BCUT2D eigenvalue weighted by molar-refractivity contribution is 5.89. The molecule has 13 heteroatoms. The number of hydrogen-bond acceptors (Lipinski definition) is 2. The first-order valence-electron chi connectivity index (χ1n) is 6.30. The average Bonchev–Trinajstić information content (AvgIpc) is 2.90. The van der Waals surface area contributed by atoms with Crippen LogP contribution in [0.15, 0.2) is 24.4 Å². The molecule has 1 heterocycles. The van der Waals surface area contributed by atoms with Crippen LogP contribution in [0.2, 0.25) is 0 Å². The quantitative estimate of drug-likeness (QED) is 0.759. The zero-order valence-electron chi connectivity index (χ0n) is 12.0. The van der Waals surface area contributed by atoms with Gasteiger partial charge in [0.15, 0.2) is 5.69 Å². The van der Waals surface area contributed by atoms with Gasteiger partial charge in [0.25, 0.3) is 0 Å². The van der Waals surface area contributed by atoms with E-state index in [-0.39, 0.29) is 29.1 Å². The third kappa shape index (κ3) is 3.75. The highest BCUT2D eigenvalue weighted by Gasteiger charge is 2.42. The second-order valence-electron chi connectivity index (χ2n) is 4.89. The number of benzene rings is 1. The van der Waals surface area contributed by atoms with Gasteiger partial charge in [-0.15, -0.1) is 0 Å². The maximum Gasteiger partial charge on any atom is 0.434 e. The van der Waals surface area contributed by atoms with E-state index in [2.05, 4.69) is 5.10 Å². The third-order valence-electron chi connectivity index (χ3n) is 3.09. The standard InChI is InChI=1S/C13H5F9N2O2/c14-11(15,16)5-1-6(12(17,18)19)3-7(2-5)24-9(13(20,21)22)8(4-23-24)10(25)26/h1-4H,(H,25,26). The minimum Gasteiger partial charge on any atom is -0.478 e. The van der Waals surface area contributed by atoms with Crippen LogP contribution >= 0.6 is 0 Å². The van der Waals surface area contributed by atoms with Crippen LogP contribution in [0.5, 0.6) is 0 Å². The Hall–Kier alpha value is -2.73. The van der Waals surface area contributed by atoms with Gasteiger partial charge in [0, 0.05) is 0 Å². The molecule has 2 aromatic rings. The van der Waals surface area contributed by atoms with Gasteiger partial charge in [0.05, 0.1) is 23.0 Å². The molecule has 0 amide bonds. The third-order valence-corrected chi connectivity index (χ3v) is 3.09. The lowest BCUT2D eigenvalue weighted by Gasteiger charge is -2.16. The number of hydrogen-bond donors (Lipinski definition) is 1. The summed E-state index contributed by atoms with van der Waals surface area (Å²) in [5, 5.41) is 11.7. The molecular formula is C13H5F9N2O2. The molecule has 0 bridgehead atoms. The SMILES string of the molecule is O=C(O)c1cnn(-c2cc(C(F)(F)F)cc(C(F)(F)F)c2)c1C(F)(F)F. The summed E-state index contributed by atoms with van der Waals surface area (Å²) < 4.78 is 116. The molecule has 1 N–H and O–H groups in total. The maximum absolute atomic E-state index is 13.1. The van der Waals surface area contributed by atoms with Crippen molar-refractivity contribution in [3.8, 4) is 5.69 Å². The lowest BCUT2D eigenvalue weighted by atomic mass is 10.1. The molecule has 0 aliphatic carbocycles. The second kappa shape index (κ2) is 5.92. The highest BCUT2D eigenvalue weighted by Crippen LogP contribution is 2.39. The predicted octanol–water partition coefficient (Wildman–Crippen LogP) is 4.63. The Kier molecular flexibility index (Phi) is 4.46. The molecule has 142 valence electrons. The Balaban J connectivity index is 2.83. The largest absolute Gasteiger partial charge is 0.478 e. The Morgan fingerprint density at radius 2 is 1.31 bits per heavy atom. The number of alkyl halides is 9. The monoisotopic (exact) mass is 392 g/mol. The number of aromatic nitrogens is 2. The van der Waals surface area contributed by atoms with Gasteiger partial charge in [0.2, 0.25) is 0 Å². The molecule has 0 saturated carbocycles. The van der Waals surface area contributed by atoms with Crippen molar-refractivity contribution in [1.29, 1.82) is 0 Å². The summed E-state index contributed by atoms with van der Waals surface area (Å²) in [5.41, 5.74) is -8.43. The van der Waals surface area contributed by atoms with Gasteiger partial charge >= 0.3 is 24.5 Å². The van der Waals surface area contributed by atoms with Crippen molar-refractivity contribution in [1.82, 2.24) is 9.78 Å². The summed E-state index contributed by atoms with van der Waals surface area (Å²) in [6, 6.07) is -0.273. The zero-order chi connectivity index (χ0) is 20.1. The van der Waals surface area contributed by atoms with Crippen LogP contribution in [0, 0.1) is 0 Å². The average molecular weight is 392 g/mol. The van der Waals surface area contributed by atoms with Crippen molar-refractivity contribution in [3.63, 3.8) is 0 Å². The van der Waals surface area contributed by atoms with Crippen LogP contribution in [0.1, 0.15) is 27.2 Å². The molecule has 1 aromatic heterocycles. The van der Waals surface area contributed by atoms with E-state index in [9.17, 15) is 44.3 Å². The predicted molar refractivity (Wildman–Crippen MR) is 65.5 cm³/mol. The first-order valence-corrected chi connectivity index (χ1v) is 6.30. The molecule has 4 nitrogen and oxygen atoms in total. The summed E-state index contributed by atoms with van der Waals surface area (Å²) in [6.07, 6.45) is -15.8. The molecule has 0 spiro atoms. The van der Waals surface area contributed by atoms with Gasteiger partial charge in [-0.2, -0.15) is 44.6 Å². The van der Waals surface area contributed by atoms with Crippen LogP contribution in [0.4, 0.5) is 39.5 Å². The van der Waals surface area contributed by atoms with Gasteiger partial charge in [-0.05, 0) is 18.2 Å². The fraction of sp³-hybridized carbons (Fsp3) is 0.231. The van der Waals surface area contributed by atoms with E-state index in [1.54, 1.807) is 0 Å². The van der Waals surface area contributed by atoms with E-state index in [4.69, 9.17) is 5.11 Å². The zero-order valence-corrected chi connectivity index (χ0v) is 12.0. The summed E-state index contributed by atoms with van der Waals surface area (Å²) in [7, 11) is 0. The number of aromatic carboxylic acids is 1. The lowest BCUT2D eigenvalue weighted by molar-refractivity contribution is -0.143. The summed E-state index contributed by atoms with van der Waals surface area (Å²) in [4.78, 5) is 10.9. The van der Waals surface area contributed by atoms with Crippen molar-refractivity contribution in [2.24, 2.45) is 0 Å². The van der Waals surface area contributed by atoms with Crippen molar-refractivity contribution in [2.45, 2.75) is 18.5 Å². The van der Waals surface area contributed by atoms with Gasteiger partial charge in [-0.25, -0.2) is 9.48 Å². The van der Waals surface area contributed by atoms with Gasteiger partial charge in [-0.3, -0.25) is 0 Å². The molecule has 0 aliphatic heterocycles. The summed E-state index contributed by atoms with van der Waals surface area (Å²) in [6.45, 7) is 0. The summed E-state index contributed by atoms with van der Waals surface area (Å²) >= 11 is 0. The molecule has 0 aliphatic rings. The van der Waals surface area contributed by atoms with E-state index in [0.29, 0.717) is 0 Å². The number of carbonyl (C=O) groups is 1. The molecular weight excluding hydrogens is 387 g/mol. The second-order valence-corrected chi connectivity index (χ2v) is 4.89. The smallest absolute Gasteiger partial charge is 0.434 e. The fourth-order valence-electron chi connectivity index (χ4n) is 2.03. The highest BCUT2D eigenvalue weighted by atomic mass is 19.4. The molecule has 0 unspecified atom stereocenters. The Morgan fingerprint density at radius 1 is 0.846 bits per heavy atom. The van der Waals surface area contributed by atoms with E-state index in [0.717, 1.165) is 0 Å². The molecule has 0 radical (unpaired) electrons. The summed E-state index contributed by atoms with van der Waals surface area (Å²) in [5.74, 6) is -2.11. The van der Waals surface area contributed by atoms with Crippen molar-refractivity contribution >= 4 is 5.97 Å². The van der Waals surface area contributed by atoms with Crippen LogP contribution in [0.25, 0.3) is 5.69 Å². The Morgan fingerprint density at radius 3 is 1.65 bits per heavy atom. The minimum absolute atomic E-state index is 0.00309. The molecule has 26 heavy (non-hydrogen) atoms. The van der Waals surface area contributed by atoms with Gasteiger partial charge < -0.3 is 5.11 Å². The molecule has 1 aromatic carbocycles. The first kappa shape index (κ1) is 19.6. The fourth-order valence-corrected chi connectivity index (χ4v) is 2.03. The molecule has 0 atom stereocenters. The van der Waals surface area contributed by atoms with E-state index >= 15 is 0 Å². The van der Waals surface area contributed by atoms with Crippen LogP contribution in [0.3, 0.4) is 0 Å². The van der Waals surface area contributed by atoms with Gasteiger partial charge in [-0.1, -0.05) is 0 Å². The lowest BCUT2D eigenvalue weighted by Crippen LogP contribution is -2.19. The van der Waals surface area contributed by atoms with Crippen LogP contribution in [-0.4, -0.2) is 20.9 Å². The number of halogens is 9. The maximum atomic E-state index is 13.1. The van der Waals surface area contributed by atoms with Crippen LogP contribution < -0.4 is 0 Å². The minimum atomic E-state index is -5.41. The molecule has 0 fully saturated rings. The molecule has 2 rings (SSSR count). The van der Waals surface area contributed by atoms with Crippen LogP contribution in [-0.2, 0) is 18.5 Å². The normalized spacial score (nSPS) is 13.1. The van der Waals surface area contributed by atoms with Crippen molar-refractivity contribution in [3.05, 3.63) is 46.8 Å². The number of carboxylic acid groups (broad SMARTS) is 1. The Labute approximate surface area is 137 Å². The number of rotatable bonds is 2. The molecule has 0 saturated heterocycles. The first-order chi connectivity index (χ1) is 11.6. The number of nitrogens with zero attached hydrogens (tertiary/aromatic N) is 2. The number of carboxylic acids is 1. The van der Waals surface area contributed by atoms with Gasteiger partial charge in [0.1, 0.15) is 5.56 Å². The van der Waals surface area contributed by atoms with E-state index in [1.165, 1.54) is 0 Å². The van der Waals surface area contributed by atoms with Crippen molar-refractivity contribution in [2.75, 3.05) is 0 Å².